The minimum atomic E-state index is -0.476. The number of halogens is 1. The zero-order chi connectivity index (χ0) is 18.7. The summed E-state index contributed by atoms with van der Waals surface area (Å²) in [5.41, 5.74) is 0.979. The summed E-state index contributed by atoms with van der Waals surface area (Å²) < 4.78 is 15.9. The molecule has 0 aliphatic rings. The number of methoxy groups -OCH3 is 3. The van der Waals surface area contributed by atoms with Crippen LogP contribution in [0, 0.1) is 10.1 Å². The van der Waals surface area contributed by atoms with E-state index in [9.17, 15) is 10.1 Å². The first-order valence-electron chi connectivity index (χ1n) is 7.53. The van der Waals surface area contributed by atoms with Crippen LogP contribution in [-0.2, 0) is 0 Å². The first kappa shape index (κ1) is 20.0. The maximum atomic E-state index is 11.1. The molecule has 0 fully saturated rings. The van der Waals surface area contributed by atoms with Gasteiger partial charge in [0.15, 0.2) is 11.5 Å². The van der Waals surface area contributed by atoms with Gasteiger partial charge in [-0.1, -0.05) is 0 Å². The lowest BCUT2D eigenvalue weighted by atomic mass is 10.2. The van der Waals surface area contributed by atoms with E-state index in [0.717, 1.165) is 0 Å². The standard InChI is InChI=1S/C17H16N4O5.ClH/c1-24-14-5-4-10(21(22)23)6-13(14)20-17-11-7-15(25-2)16(26-3)8-12(11)18-9-19-17;/h4-9H,1-3H3,(H,18,19,20);1H. The first-order chi connectivity index (χ1) is 12.6. The van der Waals surface area contributed by atoms with Crippen LogP contribution in [0.4, 0.5) is 17.2 Å². The fraction of sp³-hybridized carbons (Fsp3) is 0.176. The van der Waals surface area contributed by atoms with Gasteiger partial charge < -0.3 is 19.5 Å². The molecular formula is C17H17ClN4O5. The van der Waals surface area contributed by atoms with Crippen molar-refractivity contribution in [1.82, 2.24) is 9.97 Å². The highest BCUT2D eigenvalue weighted by molar-refractivity contribution is 5.93. The highest BCUT2D eigenvalue weighted by Gasteiger charge is 2.15. The minimum Gasteiger partial charge on any atom is -0.495 e. The van der Waals surface area contributed by atoms with Crippen LogP contribution in [0.3, 0.4) is 0 Å². The number of nitro benzene ring substituents is 1. The molecule has 0 unspecified atom stereocenters. The van der Waals surface area contributed by atoms with Crippen LogP contribution in [0.15, 0.2) is 36.7 Å². The van der Waals surface area contributed by atoms with Crippen molar-refractivity contribution >= 4 is 40.5 Å². The van der Waals surface area contributed by atoms with Crippen LogP contribution < -0.4 is 19.5 Å². The third-order valence-electron chi connectivity index (χ3n) is 3.79. The van der Waals surface area contributed by atoms with Crippen LogP contribution in [0.25, 0.3) is 10.9 Å². The third kappa shape index (κ3) is 3.93. The van der Waals surface area contributed by atoms with Crippen molar-refractivity contribution in [2.24, 2.45) is 0 Å². The van der Waals surface area contributed by atoms with Gasteiger partial charge in [-0.15, -0.1) is 12.4 Å². The molecule has 142 valence electrons. The lowest BCUT2D eigenvalue weighted by Gasteiger charge is -2.13. The van der Waals surface area contributed by atoms with E-state index in [1.165, 1.54) is 45.9 Å². The molecule has 0 bridgehead atoms. The van der Waals surface area contributed by atoms with Gasteiger partial charge in [-0.3, -0.25) is 10.1 Å². The molecule has 0 radical (unpaired) electrons. The summed E-state index contributed by atoms with van der Waals surface area (Å²) in [6.07, 6.45) is 1.39. The van der Waals surface area contributed by atoms with Crippen molar-refractivity contribution in [2.45, 2.75) is 0 Å². The Hall–Kier alpha value is -3.33. The van der Waals surface area contributed by atoms with E-state index in [0.29, 0.717) is 39.7 Å². The lowest BCUT2D eigenvalue weighted by molar-refractivity contribution is -0.384. The number of non-ortho nitro benzene ring substituents is 1. The number of rotatable bonds is 6. The Morgan fingerprint density at radius 1 is 0.963 bits per heavy atom. The Kier molecular flexibility index (Phi) is 6.19. The SMILES string of the molecule is COc1ccc([N+](=O)[O-])cc1Nc1ncnc2cc(OC)c(OC)cc12.Cl. The lowest BCUT2D eigenvalue weighted by Crippen LogP contribution is -2.00. The summed E-state index contributed by atoms with van der Waals surface area (Å²) in [5, 5.41) is 14.8. The van der Waals surface area contributed by atoms with Gasteiger partial charge in [0.1, 0.15) is 17.9 Å². The summed E-state index contributed by atoms with van der Waals surface area (Å²) in [6, 6.07) is 7.74. The Labute approximate surface area is 160 Å². The summed E-state index contributed by atoms with van der Waals surface area (Å²) in [6.45, 7) is 0. The predicted molar refractivity (Wildman–Crippen MR) is 103 cm³/mol. The van der Waals surface area contributed by atoms with Crippen molar-refractivity contribution in [3.8, 4) is 17.2 Å². The molecule has 0 aliphatic carbocycles. The molecule has 0 atom stereocenters. The largest absolute Gasteiger partial charge is 0.495 e. The van der Waals surface area contributed by atoms with Crippen molar-refractivity contribution in [2.75, 3.05) is 26.6 Å². The highest BCUT2D eigenvalue weighted by Crippen LogP contribution is 2.36. The number of nitrogens with zero attached hydrogens (tertiary/aromatic N) is 3. The van der Waals surface area contributed by atoms with Gasteiger partial charge in [0.2, 0.25) is 0 Å². The summed E-state index contributed by atoms with van der Waals surface area (Å²) in [5.74, 6) is 1.96. The number of aromatic nitrogens is 2. The quantitative estimate of drug-likeness (QED) is 0.499. The van der Waals surface area contributed by atoms with E-state index in [2.05, 4.69) is 15.3 Å². The Morgan fingerprint density at radius 2 is 1.63 bits per heavy atom. The normalized spacial score (nSPS) is 10.0. The molecule has 0 saturated carbocycles. The van der Waals surface area contributed by atoms with Crippen LogP contribution in [-0.4, -0.2) is 36.2 Å². The van der Waals surface area contributed by atoms with E-state index >= 15 is 0 Å². The fourth-order valence-corrected chi connectivity index (χ4v) is 2.52. The van der Waals surface area contributed by atoms with Crippen LogP contribution in [0.2, 0.25) is 0 Å². The number of ether oxygens (including phenoxy) is 3. The van der Waals surface area contributed by atoms with Crippen LogP contribution >= 0.6 is 12.4 Å². The first-order valence-corrected chi connectivity index (χ1v) is 7.53. The summed E-state index contributed by atoms with van der Waals surface area (Å²) in [7, 11) is 4.56. The maximum absolute atomic E-state index is 11.1. The Bertz CT molecular complexity index is 983. The average molecular weight is 393 g/mol. The van der Waals surface area contributed by atoms with Gasteiger partial charge in [-0.25, -0.2) is 9.97 Å². The number of benzene rings is 2. The molecule has 0 saturated heterocycles. The van der Waals surface area contributed by atoms with Crippen molar-refractivity contribution in [1.29, 1.82) is 0 Å². The molecule has 3 aromatic rings. The van der Waals surface area contributed by atoms with Gasteiger partial charge in [-0.2, -0.15) is 0 Å². The number of fused-ring (bicyclic) bond motifs is 1. The second kappa shape index (κ2) is 8.37. The smallest absolute Gasteiger partial charge is 0.271 e. The summed E-state index contributed by atoms with van der Waals surface area (Å²) >= 11 is 0. The zero-order valence-corrected chi connectivity index (χ0v) is 15.6. The topological polar surface area (TPSA) is 109 Å². The molecule has 0 amide bonds. The van der Waals surface area contributed by atoms with Gasteiger partial charge in [-0.05, 0) is 12.1 Å². The Balaban J connectivity index is 0.00000261. The second-order valence-electron chi connectivity index (χ2n) is 5.21. The minimum absolute atomic E-state index is 0. The van der Waals surface area contributed by atoms with Gasteiger partial charge >= 0.3 is 0 Å². The number of nitrogens with one attached hydrogen (secondary N) is 1. The highest BCUT2D eigenvalue weighted by atomic mass is 35.5. The summed E-state index contributed by atoms with van der Waals surface area (Å²) in [4.78, 5) is 19.0. The molecular weight excluding hydrogens is 376 g/mol. The monoisotopic (exact) mass is 392 g/mol. The zero-order valence-electron chi connectivity index (χ0n) is 14.8. The number of hydrogen-bond acceptors (Lipinski definition) is 8. The number of anilines is 2. The van der Waals surface area contributed by atoms with E-state index in [1.807, 2.05) is 0 Å². The maximum Gasteiger partial charge on any atom is 0.271 e. The van der Waals surface area contributed by atoms with Gasteiger partial charge in [0, 0.05) is 23.6 Å². The van der Waals surface area contributed by atoms with Crippen molar-refractivity contribution in [3.05, 3.63) is 46.8 Å². The van der Waals surface area contributed by atoms with E-state index in [-0.39, 0.29) is 18.1 Å². The predicted octanol–water partition coefficient (Wildman–Crippen LogP) is 3.73. The second-order valence-corrected chi connectivity index (χ2v) is 5.21. The third-order valence-corrected chi connectivity index (χ3v) is 3.79. The van der Waals surface area contributed by atoms with Gasteiger partial charge in [0.05, 0.1) is 37.5 Å². The van der Waals surface area contributed by atoms with E-state index in [1.54, 1.807) is 12.1 Å². The van der Waals surface area contributed by atoms with Gasteiger partial charge in [0.25, 0.3) is 5.69 Å². The molecule has 0 aliphatic heterocycles. The molecule has 1 aromatic heterocycles. The Morgan fingerprint density at radius 3 is 2.26 bits per heavy atom. The molecule has 3 rings (SSSR count). The number of hydrogen-bond donors (Lipinski definition) is 1. The molecule has 1 heterocycles. The fourth-order valence-electron chi connectivity index (χ4n) is 2.52. The molecule has 1 N–H and O–H groups in total. The molecule has 2 aromatic carbocycles. The van der Waals surface area contributed by atoms with Crippen molar-refractivity contribution < 1.29 is 19.1 Å². The van der Waals surface area contributed by atoms with Crippen LogP contribution in [0.5, 0.6) is 17.2 Å². The van der Waals surface area contributed by atoms with E-state index in [4.69, 9.17) is 14.2 Å². The average Bonchev–Trinajstić information content (AvgIpc) is 2.67. The molecule has 10 heteroatoms. The number of nitro groups is 1. The molecule has 0 spiro atoms. The van der Waals surface area contributed by atoms with Crippen LogP contribution in [0.1, 0.15) is 0 Å². The molecule has 27 heavy (non-hydrogen) atoms. The van der Waals surface area contributed by atoms with E-state index < -0.39 is 4.92 Å². The molecule has 9 nitrogen and oxygen atoms in total. The van der Waals surface area contributed by atoms with Crippen molar-refractivity contribution in [3.63, 3.8) is 0 Å².